The highest BCUT2D eigenvalue weighted by molar-refractivity contribution is 8.00. The fourth-order valence-corrected chi connectivity index (χ4v) is 2.20. The zero-order valence-electron chi connectivity index (χ0n) is 10.9. The first-order chi connectivity index (χ1) is 7.86. The fourth-order valence-electron chi connectivity index (χ4n) is 1.20. The number of carbonyl (C=O) groups is 1. The molecule has 0 aliphatic rings. The van der Waals surface area contributed by atoms with Crippen LogP contribution in [0.25, 0.3) is 0 Å². The molecule has 1 rings (SSSR count). The van der Waals surface area contributed by atoms with Crippen LogP contribution in [0, 0.1) is 0 Å². The van der Waals surface area contributed by atoms with Crippen LogP contribution in [0.2, 0.25) is 0 Å². The van der Waals surface area contributed by atoms with Gasteiger partial charge in [0.2, 0.25) is 11.1 Å². The third-order valence-corrected chi connectivity index (χ3v) is 3.11. The summed E-state index contributed by atoms with van der Waals surface area (Å²) in [5.74, 6) is 0.000888. The van der Waals surface area contributed by atoms with E-state index in [0.29, 0.717) is 11.7 Å². The normalized spacial score (nSPS) is 13.5. The van der Waals surface area contributed by atoms with E-state index in [0.717, 1.165) is 0 Å². The maximum Gasteiger partial charge on any atom is 0.233 e. The van der Waals surface area contributed by atoms with E-state index in [1.165, 1.54) is 11.8 Å². The Kier molecular flexibility index (Phi) is 4.50. The van der Waals surface area contributed by atoms with Crippen molar-refractivity contribution >= 4 is 17.7 Å². The van der Waals surface area contributed by atoms with Crippen molar-refractivity contribution in [3.8, 4) is 0 Å². The summed E-state index contributed by atoms with van der Waals surface area (Å²) in [6.45, 7) is 10.4. The van der Waals surface area contributed by atoms with Crippen LogP contribution in [-0.2, 0) is 10.3 Å². The van der Waals surface area contributed by atoms with Gasteiger partial charge in [0.1, 0.15) is 0 Å². The van der Waals surface area contributed by atoms with Gasteiger partial charge in [-0.3, -0.25) is 4.79 Å². The predicted octanol–water partition coefficient (Wildman–Crippen LogP) is 1.04. The Morgan fingerprint density at radius 1 is 1.53 bits per heavy atom. The lowest BCUT2D eigenvalue weighted by atomic mass is 10.1. The van der Waals surface area contributed by atoms with Crippen LogP contribution in [0.15, 0.2) is 5.16 Å². The first-order valence-corrected chi connectivity index (χ1v) is 6.47. The molecule has 1 amide bonds. The average molecular weight is 257 g/mol. The standard InChI is InChI=1S/C10H19N5OS/c1-6-11-8(16)7(2)17-9-12-13-14-15(9)10(3,4)5/h7H,6H2,1-5H3,(H,11,16)/t7-/m0/s1. The number of nitrogens with zero attached hydrogens (tertiary/aromatic N) is 4. The highest BCUT2D eigenvalue weighted by atomic mass is 32.2. The van der Waals surface area contributed by atoms with Gasteiger partial charge in [0.05, 0.1) is 10.8 Å². The summed E-state index contributed by atoms with van der Waals surface area (Å²) in [6, 6.07) is 0. The summed E-state index contributed by atoms with van der Waals surface area (Å²) < 4.78 is 1.73. The van der Waals surface area contributed by atoms with E-state index in [-0.39, 0.29) is 16.7 Å². The van der Waals surface area contributed by atoms with E-state index in [4.69, 9.17) is 0 Å². The second-order valence-electron chi connectivity index (χ2n) is 4.70. The molecule has 0 spiro atoms. The lowest BCUT2D eigenvalue weighted by Crippen LogP contribution is -2.31. The number of nitrogens with one attached hydrogen (secondary N) is 1. The molecule has 0 aromatic carbocycles. The molecule has 1 atom stereocenters. The molecule has 1 N–H and O–H groups in total. The van der Waals surface area contributed by atoms with Crippen molar-refractivity contribution in [2.75, 3.05) is 6.54 Å². The van der Waals surface area contributed by atoms with Gasteiger partial charge >= 0.3 is 0 Å². The van der Waals surface area contributed by atoms with Crippen molar-refractivity contribution in [1.82, 2.24) is 25.5 Å². The van der Waals surface area contributed by atoms with Crippen LogP contribution in [0.5, 0.6) is 0 Å². The molecule has 0 aliphatic carbocycles. The van der Waals surface area contributed by atoms with E-state index in [2.05, 4.69) is 20.8 Å². The van der Waals surface area contributed by atoms with E-state index >= 15 is 0 Å². The zero-order valence-corrected chi connectivity index (χ0v) is 11.7. The minimum Gasteiger partial charge on any atom is -0.355 e. The molecule has 0 fully saturated rings. The maximum absolute atomic E-state index is 11.6. The molecule has 0 bridgehead atoms. The van der Waals surface area contributed by atoms with E-state index < -0.39 is 0 Å². The van der Waals surface area contributed by atoms with Gasteiger partial charge in [0, 0.05) is 6.54 Å². The molecule has 0 radical (unpaired) electrons. The molecule has 96 valence electrons. The van der Waals surface area contributed by atoms with Crippen LogP contribution in [0.3, 0.4) is 0 Å². The molecular formula is C10H19N5OS. The molecule has 17 heavy (non-hydrogen) atoms. The van der Waals surface area contributed by atoms with Gasteiger partial charge in [-0.1, -0.05) is 11.8 Å². The molecule has 1 aromatic heterocycles. The summed E-state index contributed by atoms with van der Waals surface area (Å²) in [4.78, 5) is 11.6. The van der Waals surface area contributed by atoms with Crippen LogP contribution in [0.4, 0.5) is 0 Å². The molecule has 0 unspecified atom stereocenters. The van der Waals surface area contributed by atoms with Gasteiger partial charge in [0.15, 0.2) is 0 Å². The van der Waals surface area contributed by atoms with Gasteiger partial charge < -0.3 is 5.32 Å². The number of aromatic nitrogens is 4. The van der Waals surface area contributed by atoms with E-state index in [1.807, 2.05) is 34.6 Å². The second-order valence-corrected chi connectivity index (χ2v) is 6.01. The van der Waals surface area contributed by atoms with Gasteiger partial charge in [-0.05, 0) is 45.0 Å². The van der Waals surface area contributed by atoms with Crippen molar-refractivity contribution in [2.24, 2.45) is 0 Å². The zero-order chi connectivity index (χ0) is 13.1. The van der Waals surface area contributed by atoms with Crippen LogP contribution in [-0.4, -0.2) is 37.9 Å². The minimum absolute atomic E-state index is 0.000888. The lowest BCUT2D eigenvalue weighted by molar-refractivity contribution is -0.120. The third-order valence-electron chi connectivity index (χ3n) is 2.08. The summed E-state index contributed by atoms with van der Waals surface area (Å²) in [5, 5.41) is 14.8. The Morgan fingerprint density at radius 2 is 2.18 bits per heavy atom. The lowest BCUT2D eigenvalue weighted by Gasteiger charge is -2.20. The first kappa shape index (κ1) is 14.0. The van der Waals surface area contributed by atoms with Crippen molar-refractivity contribution < 1.29 is 4.79 Å². The van der Waals surface area contributed by atoms with Crippen molar-refractivity contribution in [2.45, 2.75) is 50.6 Å². The molecule has 7 heteroatoms. The number of tetrazole rings is 1. The molecule has 1 aromatic rings. The summed E-state index contributed by atoms with van der Waals surface area (Å²) >= 11 is 1.37. The van der Waals surface area contributed by atoms with E-state index in [9.17, 15) is 4.79 Å². The van der Waals surface area contributed by atoms with Crippen LogP contribution in [0.1, 0.15) is 34.6 Å². The second kappa shape index (κ2) is 5.48. The Morgan fingerprint density at radius 3 is 2.71 bits per heavy atom. The van der Waals surface area contributed by atoms with Crippen molar-refractivity contribution in [3.63, 3.8) is 0 Å². The Balaban J connectivity index is 2.76. The number of hydrogen-bond acceptors (Lipinski definition) is 5. The number of rotatable bonds is 4. The van der Waals surface area contributed by atoms with Crippen molar-refractivity contribution in [3.05, 3.63) is 0 Å². The first-order valence-electron chi connectivity index (χ1n) is 5.59. The minimum atomic E-state index is -0.206. The Bertz CT molecular complexity index is 384. The highest BCUT2D eigenvalue weighted by Gasteiger charge is 2.23. The quantitative estimate of drug-likeness (QED) is 0.816. The fraction of sp³-hybridized carbons (Fsp3) is 0.800. The third kappa shape index (κ3) is 3.69. The maximum atomic E-state index is 11.6. The predicted molar refractivity (Wildman–Crippen MR) is 66.8 cm³/mol. The number of thioether (sulfide) groups is 1. The van der Waals surface area contributed by atoms with Gasteiger partial charge in [0.25, 0.3) is 0 Å². The summed E-state index contributed by atoms with van der Waals surface area (Å²) in [6.07, 6.45) is 0. The molecule has 6 nitrogen and oxygen atoms in total. The number of carbonyl (C=O) groups excluding carboxylic acids is 1. The molecular weight excluding hydrogens is 238 g/mol. The van der Waals surface area contributed by atoms with Crippen LogP contribution >= 0.6 is 11.8 Å². The van der Waals surface area contributed by atoms with Crippen molar-refractivity contribution in [1.29, 1.82) is 0 Å². The number of amides is 1. The van der Waals surface area contributed by atoms with Crippen LogP contribution < -0.4 is 5.32 Å². The highest BCUT2D eigenvalue weighted by Crippen LogP contribution is 2.24. The molecule has 0 saturated heterocycles. The smallest absolute Gasteiger partial charge is 0.233 e. The van der Waals surface area contributed by atoms with Gasteiger partial charge in [-0.2, -0.15) is 0 Å². The monoisotopic (exact) mass is 257 g/mol. The SMILES string of the molecule is CCNC(=O)[C@H](C)Sc1nnnn1C(C)(C)C. The van der Waals surface area contributed by atoms with Gasteiger partial charge in [-0.25, -0.2) is 4.68 Å². The van der Waals surface area contributed by atoms with E-state index in [1.54, 1.807) is 4.68 Å². The number of hydrogen-bond donors (Lipinski definition) is 1. The topological polar surface area (TPSA) is 72.7 Å². The average Bonchev–Trinajstić information content (AvgIpc) is 2.65. The molecule has 0 saturated carbocycles. The summed E-state index contributed by atoms with van der Waals surface area (Å²) in [7, 11) is 0. The Hall–Kier alpha value is -1.11. The van der Waals surface area contributed by atoms with Gasteiger partial charge in [-0.15, -0.1) is 5.10 Å². The largest absolute Gasteiger partial charge is 0.355 e. The molecule has 0 aliphatic heterocycles. The summed E-state index contributed by atoms with van der Waals surface area (Å²) in [5.41, 5.74) is -0.188. The molecule has 1 heterocycles. The Labute approximate surface area is 106 Å².